The molecular weight excluding hydrogens is 357 g/mol. The number of hydrogen-bond acceptors (Lipinski definition) is 5. The third-order valence-corrected chi connectivity index (χ3v) is 5.74. The second kappa shape index (κ2) is 6.71. The van der Waals surface area contributed by atoms with Gasteiger partial charge in [-0.3, -0.25) is 9.69 Å². The Balaban J connectivity index is 1.44. The van der Waals surface area contributed by atoms with Gasteiger partial charge in [0.05, 0.1) is 19.3 Å². The number of rotatable bonds is 4. The first-order valence-corrected chi connectivity index (χ1v) is 9.57. The smallest absolute Gasteiger partial charge is 0.323 e. The van der Waals surface area contributed by atoms with Gasteiger partial charge in [0.25, 0.3) is 5.91 Å². The molecule has 2 aliphatic heterocycles. The van der Waals surface area contributed by atoms with E-state index < -0.39 is 5.54 Å². The maximum absolute atomic E-state index is 13.0. The van der Waals surface area contributed by atoms with E-state index in [0.717, 1.165) is 17.1 Å². The molecule has 7 nitrogen and oxygen atoms in total. The highest BCUT2D eigenvalue weighted by molar-refractivity contribution is 7.99. The van der Waals surface area contributed by atoms with E-state index >= 15 is 0 Å². The fourth-order valence-electron chi connectivity index (χ4n) is 3.31. The van der Waals surface area contributed by atoms with E-state index in [9.17, 15) is 14.0 Å². The molecule has 0 aliphatic carbocycles. The van der Waals surface area contributed by atoms with Crippen molar-refractivity contribution in [3.05, 3.63) is 47.5 Å². The molecule has 4 rings (SSSR count). The van der Waals surface area contributed by atoms with Crippen LogP contribution >= 0.6 is 11.8 Å². The summed E-state index contributed by atoms with van der Waals surface area (Å²) in [5.74, 6) is 1.28. The Morgan fingerprint density at radius 2 is 1.88 bits per heavy atom. The van der Waals surface area contributed by atoms with E-state index in [-0.39, 0.29) is 24.3 Å². The third-order valence-electron chi connectivity index (χ3n) is 4.76. The van der Waals surface area contributed by atoms with Crippen molar-refractivity contribution in [1.29, 1.82) is 0 Å². The maximum Gasteiger partial charge on any atom is 0.325 e. The summed E-state index contributed by atoms with van der Waals surface area (Å²) in [6.45, 7) is 0.539. The monoisotopic (exact) mass is 375 g/mol. The molecular formula is C17H18FN5O2S. The molecule has 1 spiro atoms. The van der Waals surface area contributed by atoms with E-state index in [0.29, 0.717) is 25.1 Å². The lowest BCUT2D eigenvalue weighted by atomic mass is 9.92. The normalized spacial score (nSPS) is 19.2. The molecule has 1 aromatic carbocycles. The fraction of sp³-hybridized carbons (Fsp3) is 0.412. The summed E-state index contributed by atoms with van der Waals surface area (Å²) in [6, 6.07) is 5.78. The molecule has 3 amide bonds. The molecule has 0 bridgehead atoms. The number of carbonyl (C=O) groups is 2. The van der Waals surface area contributed by atoms with Crippen molar-refractivity contribution in [3.63, 3.8) is 0 Å². The zero-order valence-corrected chi connectivity index (χ0v) is 14.8. The van der Waals surface area contributed by atoms with Gasteiger partial charge in [-0.15, -0.1) is 5.10 Å². The lowest BCUT2D eigenvalue weighted by Gasteiger charge is -2.30. The minimum Gasteiger partial charge on any atom is -0.323 e. The first kappa shape index (κ1) is 17.0. The van der Waals surface area contributed by atoms with E-state index in [4.69, 9.17) is 0 Å². The molecule has 2 saturated heterocycles. The second-order valence-electron chi connectivity index (χ2n) is 6.55. The van der Waals surface area contributed by atoms with Crippen LogP contribution in [0.2, 0.25) is 0 Å². The van der Waals surface area contributed by atoms with Crippen LogP contribution < -0.4 is 5.32 Å². The number of nitrogens with one attached hydrogen (secondary N) is 1. The molecule has 9 heteroatoms. The number of carbonyl (C=O) groups excluding carboxylic acids is 2. The van der Waals surface area contributed by atoms with Crippen LogP contribution in [0.25, 0.3) is 0 Å². The van der Waals surface area contributed by atoms with Crippen molar-refractivity contribution in [3.8, 4) is 0 Å². The molecule has 136 valence electrons. The maximum atomic E-state index is 13.0. The van der Waals surface area contributed by atoms with Crippen molar-refractivity contribution < 1.29 is 14.0 Å². The predicted molar refractivity (Wildman–Crippen MR) is 93.9 cm³/mol. The number of benzene rings is 1. The van der Waals surface area contributed by atoms with Crippen LogP contribution in [0.5, 0.6) is 0 Å². The summed E-state index contributed by atoms with van der Waals surface area (Å²) in [5, 5.41) is 11.0. The van der Waals surface area contributed by atoms with Crippen molar-refractivity contribution >= 4 is 23.7 Å². The summed E-state index contributed by atoms with van der Waals surface area (Å²) < 4.78 is 14.6. The number of hydrogen-bond donors (Lipinski definition) is 1. The quantitative estimate of drug-likeness (QED) is 0.824. The zero-order chi connectivity index (χ0) is 18.1. The lowest BCUT2D eigenvalue weighted by molar-refractivity contribution is -0.132. The number of aromatic nitrogens is 3. The number of amides is 3. The molecule has 1 N–H and O–H groups in total. The van der Waals surface area contributed by atoms with E-state index in [1.807, 2.05) is 0 Å². The van der Waals surface area contributed by atoms with Gasteiger partial charge in [-0.2, -0.15) is 11.8 Å². The summed E-state index contributed by atoms with van der Waals surface area (Å²) in [7, 11) is 0. The number of halogens is 1. The fourth-order valence-corrected chi connectivity index (χ4v) is 4.50. The van der Waals surface area contributed by atoms with Crippen molar-refractivity contribution in [2.45, 2.75) is 31.5 Å². The Labute approximate surface area is 153 Å². The van der Waals surface area contributed by atoms with E-state index in [2.05, 4.69) is 15.6 Å². The van der Waals surface area contributed by atoms with Gasteiger partial charge < -0.3 is 5.32 Å². The van der Waals surface area contributed by atoms with Crippen LogP contribution in [-0.4, -0.2) is 48.9 Å². The average Bonchev–Trinajstić information content (AvgIpc) is 3.16. The van der Waals surface area contributed by atoms with Crippen LogP contribution in [0.3, 0.4) is 0 Å². The first-order valence-electron chi connectivity index (χ1n) is 8.41. The number of nitrogens with zero attached hydrogens (tertiary/aromatic N) is 4. The number of imide groups is 1. The average molecular weight is 375 g/mol. The van der Waals surface area contributed by atoms with E-state index in [1.54, 1.807) is 34.8 Å². The molecule has 1 aromatic heterocycles. The first-order chi connectivity index (χ1) is 12.6. The molecule has 2 fully saturated rings. The van der Waals surface area contributed by atoms with Crippen LogP contribution in [0.1, 0.15) is 24.1 Å². The lowest BCUT2D eigenvalue weighted by Crippen LogP contribution is -2.49. The molecule has 2 aromatic rings. The van der Waals surface area contributed by atoms with Gasteiger partial charge in [0.1, 0.15) is 17.1 Å². The van der Waals surface area contributed by atoms with Gasteiger partial charge in [-0.05, 0) is 42.0 Å². The van der Waals surface area contributed by atoms with Crippen LogP contribution in [0.15, 0.2) is 30.5 Å². The van der Waals surface area contributed by atoms with Crippen molar-refractivity contribution in [2.24, 2.45) is 0 Å². The topological polar surface area (TPSA) is 80.1 Å². The zero-order valence-electron chi connectivity index (χ0n) is 14.0. The number of thioether (sulfide) groups is 1. The third kappa shape index (κ3) is 3.18. The molecule has 0 atom stereocenters. The van der Waals surface area contributed by atoms with Crippen LogP contribution in [0, 0.1) is 5.82 Å². The van der Waals surface area contributed by atoms with Gasteiger partial charge in [0.15, 0.2) is 0 Å². The Morgan fingerprint density at radius 3 is 2.62 bits per heavy atom. The highest BCUT2D eigenvalue weighted by Crippen LogP contribution is 2.33. The summed E-state index contributed by atoms with van der Waals surface area (Å²) in [4.78, 5) is 26.3. The number of urea groups is 1. The Bertz CT molecular complexity index is 832. The molecule has 26 heavy (non-hydrogen) atoms. The molecule has 0 unspecified atom stereocenters. The van der Waals surface area contributed by atoms with Crippen molar-refractivity contribution in [1.82, 2.24) is 25.2 Å². The Morgan fingerprint density at radius 1 is 1.15 bits per heavy atom. The molecule has 0 radical (unpaired) electrons. The molecule has 3 heterocycles. The van der Waals surface area contributed by atoms with Gasteiger partial charge in [0, 0.05) is 0 Å². The van der Waals surface area contributed by atoms with Crippen LogP contribution in [0.4, 0.5) is 9.18 Å². The Hall–Kier alpha value is -2.42. The highest BCUT2D eigenvalue weighted by Gasteiger charge is 2.51. The highest BCUT2D eigenvalue weighted by atomic mass is 32.2. The summed E-state index contributed by atoms with van der Waals surface area (Å²) in [5.41, 5.74) is 0.682. The largest absolute Gasteiger partial charge is 0.325 e. The second-order valence-corrected chi connectivity index (χ2v) is 7.77. The standard InChI is InChI=1S/C17H18FN5O2S/c18-13-3-1-12(2-4-13)9-22-10-14(20-21-22)11-23-15(24)17(19-16(23)25)5-7-26-8-6-17/h1-4,10H,5-9,11H2,(H,19,25). The SMILES string of the molecule is O=C1NC2(CCSCC2)C(=O)N1Cc1cn(Cc2ccc(F)cc2)nn1. The minimum atomic E-state index is -0.744. The van der Waals surface area contributed by atoms with E-state index in [1.165, 1.54) is 17.0 Å². The predicted octanol–water partition coefficient (Wildman–Crippen LogP) is 1.78. The molecule has 2 aliphatic rings. The Kier molecular flexibility index (Phi) is 4.39. The summed E-state index contributed by atoms with van der Waals surface area (Å²) in [6.07, 6.45) is 3.03. The van der Waals surface area contributed by atoms with Gasteiger partial charge >= 0.3 is 6.03 Å². The van der Waals surface area contributed by atoms with Crippen molar-refractivity contribution in [2.75, 3.05) is 11.5 Å². The van der Waals surface area contributed by atoms with Crippen LogP contribution in [-0.2, 0) is 17.9 Å². The van der Waals surface area contributed by atoms with Gasteiger partial charge in [0.2, 0.25) is 0 Å². The van der Waals surface area contributed by atoms with Gasteiger partial charge in [-0.25, -0.2) is 13.9 Å². The molecule has 0 saturated carbocycles. The minimum absolute atomic E-state index is 0.100. The summed E-state index contributed by atoms with van der Waals surface area (Å²) >= 11 is 1.80. The van der Waals surface area contributed by atoms with Gasteiger partial charge in [-0.1, -0.05) is 17.3 Å².